The zero-order chi connectivity index (χ0) is 26.8. The number of amides is 1. The highest BCUT2D eigenvalue weighted by Gasteiger charge is 2.19. The molecule has 1 amide bonds. The molecule has 1 saturated heterocycles. The van der Waals surface area contributed by atoms with E-state index in [9.17, 15) is 4.79 Å². The summed E-state index contributed by atoms with van der Waals surface area (Å²) in [7, 11) is 0. The highest BCUT2D eigenvalue weighted by atomic mass is 16.1. The van der Waals surface area contributed by atoms with E-state index < -0.39 is 0 Å². The number of nitrogen functional groups attached to an aromatic ring is 1. The Morgan fingerprint density at radius 2 is 1.82 bits per heavy atom. The Kier molecular flexibility index (Phi) is 6.75. The molecule has 196 valence electrons. The highest BCUT2D eigenvalue weighted by molar-refractivity contribution is 5.90. The van der Waals surface area contributed by atoms with Crippen molar-refractivity contribution in [3.05, 3.63) is 84.6 Å². The van der Waals surface area contributed by atoms with Crippen LogP contribution in [0.15, 0.2) is 79.0 Å². The van der Waals surface area contributed by atoms with Gasteiger partial charge in [0.1, 0.15) is 11.3 Å². The van der Waals surface area contributed by atoms with Crippen molar-refractivity contribution in [2.45, 2.75) is 13.5 Å². The fourth-order valence-electron chi connectivity index (χ4n) is 4.99. The first-order valence-electron chi connectivity index (χ1n) is 13.1. The van der Waals surface area contributed by atoms with Crippen molar-refractivity contribution in [2.24, 2.45) is 0 Å². The van der Waals surface area contributed by atoms with E-state index in [1.54, 1.807) is 6.20 Å². The molecule has 0 atom stereocenters. The molecule has 0 aliphatic carbocycles. The molecule has 9 heteroatoms. The maximum Gasteiger partial charge on any atom is 0.221 e. The average molecular weight is 519 g/mol. The predicted octanol–water partition coefficient (Wildman–Crippen LogP) is 4.10. The second-order valence-corrected chi connectivity index (χ2v) is 9.70. The van der Waals surface area contributed by atoms with Crippen LogP contribution in [-0.2, 0) is 11.3 Å². The third-order valence-electron chi connectivity index (χ3n) is 6.87. The summed E-state index contributed by atoms with van der Waals surface area (Å²) in [5.74, 6) is 0.974. The maximum atomic E-state index is 11.6. The standard InChI is InChI=1S/C30H30N8O/c1-20(39)34-23-5-2-4-22(18-23)26-11-12-27-30(35-26)38(29(36-27)25-6-3-13-33-28(25)31)24-9-7-21(8-10-24)19-37-16-14-32-15-17-37/h2-13,18,32H,14-17,19H2,1H3,(H2,31,33)(H,34,39). The Hall–Kier alpha value is -4.60. The Bertz CT molecular complexity index is 1640. The Morgan fingerprint density at radius 3 is 2.59 bits per heavy atom. The zero-order valence-electron chi connectivity index (χ0n) is 21.8. The molecule has 4 heterocycles. The molecule has 0 spiro atoms. The number of nitrogens with zero attached hydrogens (tertiary/aromatic N) is 5. The lowest BCUT2D eigenvalue weighted by atomic mass is 10.1. The molecule has 0 saturated carbocycles. The van der Waals surface area contributed by atoms with E-state index in [2.05, 4.69) is 44.8 Å². The molecular weight excluding hydrogens is 488 g/mol. The van der Waals surface area contributed by atoms with Crippen molar-refractivity contribution in [3.8, 4) is 28.3 Å². The number of aromatic nitrogens is 4. The summed E-state index contributed by atoms with van der Waals surface area (Å²) in [5.41, 5.74) is 13.1. The molecule has 1 fully saturated rings. The van der Waals surface area contributed by atoms with E-state index >= 15 is 0 Å². The summed E-state index contributed by atoms with van der Waals surface area (Å²) in [6.07, 6.45) is 1.68. The first-order valence-corrected chi connectivity index (χ1v) is 13.1. The molecule has 0 radical (unpaired) electrons. The lowest BCUT2D eigenvalue weighted by molar-refractivity contribution is -0.114. The van der Waals surface area contributed by atoms with E-state index in [1.165, 1.54) is 12.5 Å². The van der Waals surface area contributed by atoms with Crippen molar-refractivity contribution in [1.29, 1.82) is 0 Å². The van der Waals surface area contributed by atoms with E-state index in [1.807, 2.05) is 53.1 Å². The van der Waals surface area contributed by atoms with Gasteiger partial charge in [0.15, 0.2) is 11.5 Å². The van der Waals surface area contributed by atoms with E-state index in [0.29, 0.717) is 17.3 Å². The second kappa shape index (κ2) is 10.6. The third-order valence-corrected chi connectivity index (χ3v) is 6.87. The monoisotopic (exact) mass is 518 g/mol. The fraction of sp³-hybridized carbons (Fsp3) is 0.200. The van der Waals surface area contributed by atoms with Gasteiger partial charge < -0.3 is 16.4 Å². The van der Waals surface area contributed by atoms with Crippen LogP contribution in [0.4, 0.5) is 11.5 Å². The second-order valence-electron chi connectivity index (χ2n) is 9.70. The topological polar surface area (TPSA) is 114 Å². The molecule has 3 aromatic heterocycles. The SMILES string of the molecule is CC(=O)Nc1cccc(-c2ccc3nc(-c4cccnc4N)n(-c4ccc(CN5CCNCC5)cc4)c3n2)c1. The lowest BCUT2D eigenvalue weighted by Crippen LogP contribution is -2.42. The van der Waals surface area contributed by atoms with Gasteiger partial charge in [-0.25, -0.2) is 15.0 Å². The van der Waals surface area contributed by atoms with Gasteiger partial charge in [0.2, 0.25) is 5.91 Å². The van der Waals surface area contributed by atoms with Crippen LogP contribution in [-0.4, -0.2) is 56.5 Å². The highest BCUT2D eigenvalue weighted by Crippen LogP contribution is 2.32. The molecule has 0 unspecified atom stereocenters. The smallest absolute Gasteiger partial charge is 0.221 e. The van der Waals surface area contributed by atoms with Crippen molar-refractivity contribution >= 4 is 28.6 Å². The number of fused-ring (bicyclic) bond motifs is 1. The number of nitrogens with two attached hydrogens (primary N) is 1. The summed E-state index contributed by atoms with van der Waals surface area (Å²) in [5, 5.41) is 6.25. The van der Waals surface area contributed by atoms with Crippen molar-refractivity contribution in [2.75, 3.05) is 37.2 Å². The number of rotatable bonds is 6. The number of pyridine rings is 2. The van der Waals surface area contributed by atoms with Crippen LogP contribution in [0.25, 0.3) is 39.5 Å². The third kappa shape index (κ3) is 5.22. The molecule has 5 aromatic rings. The molecule has 6 rings (SSSR count). The molecule has 2 aromatic carbocycles. The summed E-state index contributed by atoms with van der Waals surface area (Å²) in [6, 6.07) is 23.9. The number of piperazine rings is 1. The molecule has 4 N–H and O–H groups in total. The zero-order valence-corrected chi connectivity index (χ0v) is 21.8. The van der Waals surface area contributed by atoms with Crippen LogP contribution in [0, 0.1) is 0 Å². The Morgan fingerprint density at radius 1 is 1.00 bits per heavy atom. The largest absolute Gasteiger partial charge is 0.383 e. The summed E-state index contributed by atoms with van der Waals surface area (Å²) >= 11 is 0. The van der Waals surface area contributed by atoms with E-state index in [0.717, 1.165) is 66.4 Å². The predicted molar refractivity (Wildman–Crippen MR) is 154 cm³/mol. The molecule has 9 nitrogen and oxygen atoms in total. The van der Waals surface area contributed by atoms with Gasteiger partial charge in [-0.2, -0.15) is 0 Å². The van der Waals surface area contributed by atoms with E-state index in [4.69, 9.17) is 15.7 Å². The molecule has 0 bridgehead atoms. The van der Waals surface area contributed by atoms with Crippen LogP contribution >= 0.6 is 0 Å². The molecular formula is C30H30N8O. The van der Waals surface area contributed by atoms with Crippen LogP contribution in [0.2, 0.25) is 0 Å². The van der Waals surface area contributed by atoms with Crippen LogP contribution in [0.5, 0.6) is 0 Å². The van der Waals surface area contributed by atoms with Gasteiger partial charge in [-0.3, -0.25) is 14.3 Å². The number of carbonyl (C=O) groups excluding carboxylic acids is 1. The summed E-state index contributed by atoms with van der Waals surface area (Å²) < 4.78 is 2.04. The van der Waals surface area contributed by atoms with Gasteiger partial charge in [0.05, 0.1) is 11.3 Å². The van der Waals surface area contributed by atoms with Gasteiger partial charge in [-0.1, -0.05) is 24.3 Å². The maximum absolute atomic E-state index is 11.6. The van der Waals surface area contributed by atoms with Gasteiger partial charge in [0, 0.05) is 62.8 Å². The van der Waals surface area contributed by atoms with Crippen LogP contribution < -0.4 is 16.4 Å². The van der Waals surface area contributed by atoms with Gasteiger partial charge in [0.25, 0.3) is 0 Å². The first-order chi connectivity index (χ1) is 19.0. The van der Waals surface area contributed by atoms with Crippen LogP contribution in [0.3, 0.4) is 0 Å². The van der Waals surface area contributed by atoms with Crippen molar-refractivity contribution < 1.29 is 4.79 Å². The molecule has 39 heavy (non-hydrogen) atoms. The Balaban J connectivity index is 1.45. The van der Waals surface area contributed by atoms with Crippen molar-refractivity contribution in [1.82, 2.24) is 29.7 Å². The minimum atomic E-state index is -0.118. The number of hydrogen-bond donors (Lipinski definition) is 3. The number of imidazole rings is 1. The van der Waals surface area contributed by atoms with Gasteiger partial charge in [-0.05, 0) is 54.1 Å². The normalized spacial score (nSPS) is 14.0. The minimum Gasteiger partial charge on any atom is -0.383 e. The quantitative estimate of drug-likeness (QED) is 0.310. The van der Waals surface area contributed by atoms with Crippen LogP contribution in [0.1, 0.15) is 12.5 Å². The Labute approximate surface area is 226 Å². The van der Waals surface area contributed by atoms with Gasteiger partial charge in [-0.15, -0.1) is 0 Å². The number of benzene rings is 2. The number of anilines is 2. The number of nitrogens with one attached hydrogen (secondary N) is 2. The number of carbonyl (C=O) groups is 1. The van der Waals surface area contributed by atoms with E-state index in [-0.39, 0.29) is 5.91 Å². The summed E-state index contributed by atoms with van der Waals surface area (Å²) in [4.78, 5) is 28.3. The van der Waals surface area contributed by atoms with Crippen molar-refractivity contribution in [3.63, 3.8) is 0 Å². The fourth-order valence-corrected chi connectivity index (χ4v) is 4.99. The summed E-state index contributed by atoms with van der Waals surface area (Å²) in [6.45, 7) is 6.56. The minimum absolute atomic E-state index is 0.118. The van der Waals surface area contributed by atoms with Gasteiger partial charge >= 0.3 is 0 Å². The molecule has 1 aliphatic rings. The first kappa shape index (κ1) is 24.7. The number of hydrogen-bond acceptors (Lipinski definition) is 7. The lowest BCUT2D eigenvalue weighted by Gasteiger charge is -2.27. The average Bonchev–Trinajstić information content (AvgIpc) is 3.33. The molecule has 1 aliphatic heterocycles.